The third-order valence-corrected chi connectivity index (χ3v) is 3.98. The third-order valence-electron chi connectivity index (χ3n) is 2.56. The lowest BCUT2D eigenvalue weighted by molar-refractivity contribution is -0.120. The van der Waals surface area contributed by atoms with Crippen molar-refractivity contribution < 1.29 is 13.2 Å². The highest BCUT2D eigenvalue weighted by Crippen LogP contribution is 2.12. The molecule has 0 saturated carbocycles. The minimum Gasteiger partial charge on any atom is -0.373 e. The molecule has 1 unspecified atom stereocenters. The predicted molar refractivity (Wildman–Crippen MR) is 71.9 cm³/mol. The number of hydrogen-bond acceptors (Lipinski definition) is 5. The molecule has 1 heterocycles. The first-order valence-corrected chi connectivity index (χ1v) is 7.21. The number of rotatable bonds is 6. The molecule has 0 radical (unpaired) electrons. The zero-order valence-corrected chi connectivity index (χ0v) is 11.9. The van der Waals surface area contributed by atoms with E-state index in [1.807, 2.05) is 0 Å². The second-order valence-corrected chi connectivity index (χ2v) is 6.09. The Morgan fingerprint density at radius 3 is 2.37 bits per heavy atom. The zero-order valence-electron chi connectivity index (χ0n) is 11.0. The van der Waals surface area contributed by atoms with Crippen LogP contribution in [0.1, 0.15) is 13.8 Å². The second-order valence-electron chi connectivity index (χ2n) is 4.37. The molecule has 0 aliphatic heterocycles. The van der Waals surface area contributed by atoms with E-state index in [1.165, 1.54) is 18.3 Å². The molecule has 0 aliphatic rings. The number of nitrogens with two attached hydrogens (primary N) is 1. The van der Waals surface area contributed by atoms with Gasteiger partial charge < -0.3 is 11.1 Å². The minimum absolute atomic E-state index is 0.0154. The summed E-state index contributed by atoms with van der Waals surface area (Å²) in [6.07, 6.45) is 1.21. The van der Waals surface area contributed by atoms with Crippen LogP contribution in [-0.2, 0) is 14.8 Å². The Balaban J connectivity index is 2.99. The average molecular weight is 286 g/mol. The maximum absolute atomic E-state index is 12.1. The summed E-state index contributed by atoms with van der Waals surface area (Å²) in [4.78, 5) is 15.1. The molecule has 1 aromatic rings. The number of aromatic nitrogens is 1. The molecule has 7 nitrogen and oxygen atoms in total. The van der Waals surface area contributed by atoms with Gasteiger partial charge in [0.1, 0.15) is 16.8 Å². The quantitative estimate of drug-likeness (QED) is 0.676. The molecule has 0 fully saturated rings. The van der Waals surface area contributed by atoms with Crippen molar-refractivity contribution in [3.8, 4) is 0 Å². The summed E-state index contributed by atoms with van der Waals surface area (Å²) in [7, 11) is -2.14. The smallest absolute Gasteiger partial charge is 0.242 e. The molecule has 0 aliphatic carbocycles. The van der Waals surface area contributed by atoms with Crippen LogP contribution in [0, 0.1) is 5.92 Å². The van der Waals surface area contributed by atoms with Gasteiger partial charge >= 0.3 is 0 Å². The maximum atomic E-state index is 12.1. The van der Waals surface area contributed by atoms with Gasteiger partial charge in [-0.15, -0.1) is 0 Å². The largest absolute Gasteiger partial charge is 0.373 e. The van der Waals surface area contributed by atoms with Gasteiger partial charge in [0.15, 0.2) is 0 Å². The molecule has 106 valence electrons. The van der Waals surface area contributed by atoms with Crippen LogP contribution in [0.2, 0.25) is 0 Å². The van der Waals surface area contributed by atoms with Crippen molar-refractivity contribution in [2.75, 3.05) is 12.4 Å². The number of amides is 1. The molecule has 8 heteroatoms. The number of carbonyl (C=O) groups is 1. The van der Waals surface area contributed by atoms with Gasteiger partial charge in [-0.1, -0.05) is 13.8 Å². The van der Waals surface area contributed by atoms with Gasteiger partial charge in [-0.3, -0.25) is 4.79 Å². The van der Waals surface area contributed by atoms with Gasteiger partial charge in [0.05, 0.1) is 0 Å². The average Bonchev–Trinajstić information content (AvgIpc) is 2.35. The Labute approximate surface area is 112 Å². The lowest BCUT2D eigenvalue weighted by Crippen LogP contribution is -2.47. The van der Waals surface area contributed by atoms with Crippen molar-refractivity contribution in [3.05, 3.63) is 18.3 Å². The number of anilines is 1. The molecule has 19 heavy (non-hydrogen) atoms. The van der Waals surface area contributed by atoms with E-state index in [2.05, 4.69) is 15.0 Å². The SMILES string of the molecule is CNc1ccc(S(=O)(=O)NC(C(N)=O)C(C)C)cn1. The fraction of sp³-hybridized carbons (Fsp3) is 0.455. The summed E-state index contributed by atoms with van der Waals surface area (Å²) >= 11 is 0. The number of nitrogens with one attached hydrogen (secondary N) is 2. The minimum atomic E-state index is -3.82. The van der Waals surface area contributed by atoms with E-state index in [0.29, 0.717) is 5.82 Å². The summed E-state index contributed by atoms with van der Waals surface area (Å²) in [6.45, 7) is 3.42. The second kappa shape index (κ2) is 5.98. The predicted octanol–water partition coefficient (Wildman–Crippen LogP) is -0.0885. The van der Waals surface area contributed by atoms with Crippen LogP contribution in [0.25, 0.3) is 0 Å². The van der Waals surface area contributed by atoms with E-state index in [0.717, 1.165) is 0 Å². The first kappa shape index (κ1) is 15.4. The number of nitrogens with zero attached hydrogens (tertiary/aromatic N) is 1. The summed E-state index contributed by atoms with van der Waals surface area (Å²) < 4.78 is 26.4. The standard InChI is InChI=1S/C11H18N4O3S/c1-7(2)10(11(12)16)15-19(17,18)8-4-5-9(13-3)14-6-8/h4-7,10,15H,1-3H3,(H2,12,16)(H,13,14). The Morgan fingerprint density at radius 1 is 1.37 bits per heavy atom. The fourth-order valence-electron chi connectivity index (χ4n) is 1.45. The van der Waals surface area contributed by atoms with Crippen LogP contribution in [-0.4, -0.2) is 32.4 Å². The van der Waals surface area contributed by atoms with Crippen molar-refractivity contribution in [3.63, 3.8) is 0 Å². The first-order valence-electron chi connectivity index (χ1n) is 5.73. The van der Waals surface area contributed by atoms with E-state index in [-0.39, 0.29) is 10.8 Å². The van der Waals surface area contributed by atoms with Gasteiger partial charge in [0.2, 0.25) is 15.9 Å². The normalized spacial score (nSPS) is 13.3. The molecule has 1 aromatic heterocycles. The molecule has 1 atom stereocenters. The third kappa shape index (κ3) is 3.90. The van der Waals surface area contributed by atoms with Crippen LogP contribution >= 0.6 is 0 Å². The van der Waals surface area contributed by atoms with Crippen LogP contribution < -0.4 is 15.8 Å². The van der Waals surface area contributed by atoms with E-state index in [9.17, 15) is 13.2 Å². The van der Waals surface area contributed by atoms with Gasteiger partial charge in [-0.2, -0.15) is 4.72 Å². The number of pyridine rings is 1. The molecular formula is C11H18N4O3S. The van der Waals surface area contributed by atoms with Crippen molar-refractivity contribution in [2.24, 2.45) is 11.7 Å². The fourth-order valence-corrected chi connectivity index (χ4v) is 2.74. The Bertz CT molecular complexity index is 540. The van der Waals surface area contributed by atoms with Crippen LogP contribution in [0.15, 0.2) is 23.2 Å². The van der Waals surface area contributed by atoms with Crippen molar-refractivity contribution >= 4 is 21.7 Å². The van der Waals surface area contributed by atoms with Crippen LogP contribution in [0.4, 0.5) is 5.82 Å². The monoisotopic (exact) mass is 286 g/mol. The molecule has 1 amide bonds. The van der Waals surface area contributed by atoms with Gasteiger partial charge in [-0.25, -0.2) is 13.4 Å². The molecular weight excluding hydrogens is 268 g/mol. The Morgan fingerprint density at radius 2 is 2.00 bits per heavy atom. The first-order chi connectivity index (χ1) is 8.77. The highest BCUT2D eigenvalue weighted by Gasteiger charge is 2.26. The van der Waals surface area contributed by atoms with E-state index in [4.69, 9.17) is 5.73 Å². The summed E-state index contributed by atoms with van der Waals surface area (Å²) in [5.74, 6) is -0.399. The number of primary amides is 1. The van der Waals surface area contributed by atoms with Crippen molar-refractivity contribution in [1.29, 1.82) is 0 Å². The molecule has 0 spiro atoms. The number of hydrogen-bond donors (Lipinski definition) is 3. The highest BCUT2D eigenvalue weighted by molar-refractivity contribution is 7.89. The lowest BCUT2D eigenvalue weighted by atomic mass is 10.1. The topological polar surface area (TPSA) is 114 Å². The summed E-state index contributed by atoms with van der Waals surface area (Å²) in [5, 5.41) is 2.78. The van der Waals surface area contributed by atoms with Crippen LogP contribution in [0.5, 0.6) is 0 Å². The lowest BCUT2D eigenvalue weighted by Gasteiger charge is -2.18. The van der Waals surface area contributed by atoms with E-state index in [1.54, 1.807) is 20.9 Å². The summed E-state index contributed by atoms with van der Waals surface area (Å²) in [6, 6.07) is 1.98. The van der Waals surface area contributed by atoms with E-state index >= 15 is 0 Å². The van der Waals surface area contributed by atoms with Gasteiger partial charge in [-0.05, 0) is 18.1 Å². The summed E-state index contributed by atoms with van der Waals surface area (Å²) in [5.41, 5.74) is 5.18. The van der Waals surface area contributed by atoms with Gasteiger partial charge in [0.25, 0.3) is 0 Å². The van der Waals surface area contributed by atoms with Gasteiger partial charge in [0, 0.05) is 13.2 Å². The maximum Gasteiger partial charge on any atom is 0.242 e. The van der Waals surface area contributed by atoms with Crippen molar-refractivity contribution in [2.45, 2.75) is 24.8 Å². The molecule has 1 rings (SSSR count). The highest BCUT2D eigenvalue weighted by atomic mass is 32.2. The molecule has 4 N–H and O–H groups in total. The van der Waals surface area contributed by atoms with Crippen molar-refractivity contribution in [1.82, 2.24) is 9.71 Å². The zero-order chi connectivity index (χ0) is 14.6. The van der Waals surface area contributed by atoms with E-state index < -0.39 is 22.0 Å². The molecule has 0 saturated heterocycles. The Hall–Kier alpha value is -1.67. The molecule has 0 bridgehead atoms. The number of carbonyl (C=O) groups excluding carboxylic acids is 1. The Kier molecular flexibility index (Phi) is 4.84. The van der Waals surface area contributed by atoms with Crippen LogP contribution in [0.3, 0.4) is 0 Å². The molecule has 0 aromatic carbocycles. The number of sulfonamides is 1.